The Morgan fingerprint density at radius 2 is 2.00 bits per heavy atom. The average Bonchev–Trinajstić information content (AvgIpc) is 1.97. The van der Waals surface area contributed by atoms with Crippen LogP contribution in [-0.2, 0) is 14.6 Å². The molecule has 0 N–H and O–H groups in total. The first-order valence-electron chi connectivity index (χ1n) is 4.26. The van der Waals surface area contributed by atoms with Crippen LogP contribution in [0.2, 0.25) is 0 Å². The molecule has 0 aromatic rings. The second kappa shape index (κ2) is 6.79. The van der Waals surface area contributed by atoms with Crippen molar-refractivity contribution in [1.82, 2.24) is 0 Å². The number of sulfone groups is 1. The summed E-state index contributed by atoms with van der Waals surface area (Å²) >= 11 is 3.44. The van der Waals surface area contributed by atoms with Crippen LogP contribution in [0.4, 0.5) is 0 Å². The fraction of sp³-hybridized carbons (Fsp3) is 1.00. The van der Waals surface area contributed by atoms with Crippen LogP contribution in [0, 0.1) is 0 Å². The summed E-state index contributed by atoms with van der Waals surface area (Å²) in [7, 11) is -1.12. The standard InChI is InChI=1S/C8H17BrO3S/c1-12-7-8(9)5-3-4-6-13(2,10)11/h8H,3-7H2,1-2H3. The Morgan fingerprint density at radius 3 is 2.46 bits per heavy atom. The van der Waals surface area contributed by atoms with Gasteiger partial charge in [-0.3, -0.25) is 0 Å². The van der Waals surface area contributed by atoms with E-state index in [2.05, 4.69) is 15.9 Å². The van der Waals surface area contributed by atoms with Crippen molar-refractivity contribution in [2.24, 2.45) is 0 Å². The number of hydrogen-bond donors (Lipinski definition) is 0. The molecular formula is C8H17BrO3S. The predicted octanol–water partition coefficient (Wildman–Crippen LogP) is 1.61. The minimum atomic E-state index is -2.78. The van der Waals surface area contributed by atoms with Crippen molar-refractivity contribution in [2.45, 2.75) is 24.1 Å². The van der Waals surface area contributed by atoms with E-state index >= 15 is 0 Å². The van der Waals surface area contributed by atoms with Crippen molar-refractivity contribution in [2.75, 3.05) is 25.7 Å². The molecule has 0 amide bonds. The molecule has 0 fully saturated rings. The fourth-order valence-corrected chi connectivity index (χ4v) is 2.31. The smallest absolute Gasteiger partial charge is 0.147 e. The van der Waals surface area contributed by atoms with Gasteiger partial charge in [0.2, 0.25) is 0 Å². The van der Waals surface area contributed by atoms with Crippen LogP contribution in [0.1, 0.15) is 19.3 Å². The fourth-order valence-electron chi connectivity index (χ4n) is 0.994. The van der Waals surface area contributed by atoms with E-state index in [4.69, 9.17) is 4.74 Å². The van der Waals surface area contributed by atoms with Crippen LogP contribution in [0.5, 0.6) is 0 Å². The van der Waals surface area contributed by atoms with E-state index in [0.717, 1.165) is 19.3 Å². The number of halogens is 1. The van der Waals surface area contributed by atoms with Crippen LogP contribution in [-0.4, -0.2) is 39.0 Å². The van der Waals surface area contributed by atoms with Gasteiger partial charge in [0.25, 0.3) is 0 Å². The van der Waals surface area contributed by atoms with Crippen LogP contribution >= 0.6 is 15.9 Å². The maximum Gasteiger partial charge on any atom is 0.147 e. The Labute approximate surface area is 88.9 Å². The van der Waals surface area contributed by atoms with Crippen molar-refractivity contribution >= 4 is 25.8 Å². The zero-order valence-electron chi connectivity index (χ0n) is 8.12. The van der Waals surface area contributed by atoms with Crippen LogP contribution in [0.3, 0.4) is 0 Å². The first kappa shape index (κ1) is 13.4. The van der Waals surface area contributed by atoms with Crippen molar-refractivity contribution < 1.29 is 13.2 Å². The zero-order chi connectivity index (χ0) is 10.3. The molecule has 5 heteroatoms. The first-order chi connectivity index (χ1) is 5.95. The predicted molar refractivity (Wildman–Crippen MR) is 58.2 cm³/mol. The second-order valence-corrected chi connectivity index (χ2v) is 6.73. The topological polar surface area (TPSA) is 43.4 Å². The van der Waals surface area contributed by atoms with Crippen LogP contribution in [0.25, 0.3) is 0 Å². The Bertz CT molecular complexity index is 213. The maximum absolute atomic E-state index is 10.8. The van der Waals surface area contributed by atoms with Gasteiger partial charge in [0, 0.05) is 23.9 Å². The molecule has 1 unspecified atom stereocenters. The Hall–Kier alpha value is 0.390. The molecule has 0 aromatic heterocycles. The van der Waals surface area contributed by atoms with Gasteiger partial charge in [-0.1, -0.05) is 22.4 Å². The number of alkyl halides is 1. The van der Waals surface area contributed by atoms with Gasteiger partial charge >= 0.3 is 0 Å². The third-order valence-electron chi connectivity index (χ3n) is 1.63. The van der Waals surface area contributed by atoms with E-state index < -0.39 is 9.84 Å². The molecule has 0 spiro atoms. The largest absolute Gasteiger partial charge is 0.384 e. The molecule has 0 rings (SSSR count). The molecule has 0 aromatic carbocycles. The Balaban J connectivity index is 3.36. The number of unbranched alkanes of at least 4 members (excludes halogenated alkanes) is 1. The summed E-state index contributed by atoms with van der Waals surface area (Å²) in [6.07, 6.45) is 3.90. The van der Waals surface area contributed by atoms with Gasteiger partial charge in [-0.2, -0.15) is 0 Å². The van der Waals surface area contributed by atoms with Crippen molar-refractivity contribution in [1.29, 1.82) is 0 Å². The third kappa shape index (κ3) is 10.3. The quantitative estimate of drug-likeness (QED) is 0.523. The normalized spacial score (nSPS) is 14.4. The molecule has 0 bridgehead atoms. The summed E-state index contributed by atoms with van der Waals surface area (Å²) in [6, 6.07) is 0. The number of hydrogen-bond acceptors (Lipinski definition) is 3. The lowest BCUT2D eigenvalue weighted by molar-refractivity contribution is 0.198. The zero-order valence-corrected chi connectivity index (χ0v) is 10.5. The summed E-state index contributed by atoms with van der Waals surface area (Å²) in [5, 5.41) is 0. The summed E-state index contributed by atoms with van der Waals surface area (Å²) in [5.41, 5.74) is 0. The molecule has 0 aliphatic carbocycles. The number of ether oxygens (including phenoxy) is 1. The average molecular weight is 273 g/mol. The summed E-state index contributed by atoms with van der Waals surface area (Å²) in [4.78, 5) is 0.345. The van der Waals surface area contributed by atoms with E-state index in [1.165, 1.54) is 6.26 Å². The lowest BCUT2D eigenvalue weighted by atomic mass is 10.2. The Kier molecular flexibility index (Phi) is 6.99. The van der Waals surface area contributed by atoms with Crippen LogP contribution in [0.15, 0.2) is 0 Å². The summed E-state index contributed by atoms with van der Waals surface area (Å²) < 4.78 is 26.5. The van der Waals surface area contributed by atoms with Crippen LogP contribution < -0.4 is 0 Å². The van der Waals surface area contributed by atoms with Gasteiger partial charge in [-0.05, 0) is 12.8 Å². The lowest BCUT2D eigenvalue weighted by Gasteiger charge is -2.07. The molecule has 0 saturated heterocycles. The van der Waals surface area contributed by atoms with E-state index in [1.54, 1.807) is 7.11 Å². The summed E-state index contributed by atoms with van der Waals surface area (Å²) in [6.45, 7) is 0.679. The van der Waals surface area contributed by atoms with Gasteiger partial charge < -0.3 is 4.74 Å². The minimum absolute atomic E-state index is 0.291. The molecular weight excluding hydrogens is 256 g/mol. The number of methoxy groups -OCH3 is 1. The van der Waals surface area contributed by atoms with Crippen molar-refractivity contribution in [3.05, 3.63) is 0 Å². The molecule has 0 saturated carbocycles. The highest BCUT2D eigenvalue weighted by Gasteiger charge is 2.05. The summed E-state index contributed by atoms with van der Waals surface area (Å²) in [5.74, 6) is 0.291. The van der Waals surface area contributed by atoms with E-state index in [1.807, 2.05) is 0 Å². The van der Waals surface area contributed by atoms with E-state index in [0.29, 0.717) is 17.2 Å². The van der Waals surface area contributed by atoms with E-state index in [-0.39, 0.29) is 0 Å². The van der Waals surface area contributed by atoms with Gasteiger partial charge in [0.1, 0.15) is 9.84 Å². The SMILES string of the molecule is COCC(Br)CCCCS(C)(=O)=O. The minimum Gasteiger partial charge on any atom is -0.384 e. The third-order valence-corrected chi connectivity index (χ3v) is 3.38. The highest BCUT2D eigenvalue weighted by atomic mass is 79.9. The first-order valence-corrected chi connectivity index (χ1v) is 7.24. The van der Waals surface area contributed by atoms with Gasteiger partial charge in [0.05, 0.1) is 6.61 Å². The number of rotatable bonds is 7. The molecule has 0 aliphatic rings. The molecule has 13 heavy (non-hydrogen) atoms. The molecule has 0 aliphatic heterocycles. The van der Waals surface area contributed by atoms with Crippen molar-refractivity contribution in [3.8, 4) is 0 Å². The lowest BCUT2D eigenvalue weighted by Crippen LogP contribution is -2.08. The maximum atomic E-state index is 10.8. The van der Waals surface area contributed by atoms with Gasteiger partial charge in [0.15, 0.2) is 0 Å². The molecule has 3 nitrogen and oxygen atoms in total. The molecule has 1 atom stereocenters. The van der Waals surface area contributed by atoms with Gasteiger partial charge in [-0.15, -0.1) is 0 Å². The second-order valence-electron chi connectivity index (χ2n) is 3.18. The molecule has 0 heterocycles. The Morgan fingerprint density at radius 1 is 1.38 bits per heavy atom. The highest BCUT2D eigenvalue weighted by Crippen LogP contribution is 2.10. The monoisotopic (exact) mass is 272 g/mol. The molecule has 0 radical (unpaired) electrons. The highest BCUT2D eigenvalue weighted by molar-refractivity contribution is 9.09. The van der Waals surface area contributed by atoms with Gasteiger partial charge in [-0.25, -0.2) is 8.42 Å². The van der Waals surface area contributed by atoms with Crippen molar-refractivity contribution in [3.63, 3.8) is 0 Å². The van der Waals surface area contributed by atoms with E-state index in [9.17, 15) is 8.42 Å². The molecule has 80 valence electrons.